The lowest BCUT2D eigenvalue weighted by atomic mass is 10.1. The molecule has 2 rings (SSSR count). The van der Waals surface area contributed by atoms with Gasteiger partial charge in [0, 0.05) is 25.1 Å². The Morgan fingerprint density at radius 3 is 2.75 bits per heavy atom. The van der Waals surface area contributed by atoms with Gasteiger partial charge >= 0.3 is 0 Å². The Balaban J connectivity index is 2.01. The number of hydrogen-bond acceptors (Lipinski definition) is 4. The maximum absolute atomic E-state index is 12.0. The van der Waals surface area contributed by atoms with Crippen LogP contribution in [0.25, 0.3) is 0 Å². The second-order valence-electron chi connectivity index (χ2n) is 5.01. The van der Waals surface area contributed by atoms with Gasteiger partial charge in [-0.3, -0.25) is 9.59 Å². The molecule has 0 aromatic heterocycles. The molecule has 20 heavy (non-hydrogen) atoms. The van der Waals surface area contributed by atoms with Crippen LogP contribution in [-0.4, -0.2) is 45.5 Å². The van der Waals surface area contributed by atoms with Crippen LogP contribution in [0.5, 0.6) is 0 Å². The molecule has 108 valence electrons. The van der Waals surface area contributed by atoms with Crippen LogP contribution in [0.15, 0.2) is 30.3 Å². The normalized spacial score (nSPS) is 20.2. The number of aliphatic hydroxyl groups is 1. The first kappa shape index (κ1) is 15.1. The molecule has 5 heteroatoms. The van der Waals surface area contributed by atoms with Gasteiger partial charge in [0.2, 0.25) is 5.91 Å². The second kappa shape index (κ2) is 6.90. The van der Waals surface area contributed by atoms with Gasteiger partial charge in [-0.2, -0.15) is 0 Å². The number of hydrogen-bond donors (Lipinski definition) is 1. The first-order valence-electron chi connectivity index (χ1n) is 6.71. The van der Waals surface area contributed by atoms with Crippen molar-refractivity contribution in [2.24, 2.45) is 0 Å². The van der Waals surface area contributed by atoms with Gasteiger partial charge in [0.25, 0.3) is 0 Å². The van der Waals surface area contributed by atoms with Gasteiger partial charge in [0.1, 0.15) is 0 Å². The van der Waals surface area contributed by atoms with E-state index in [0.29, 0.717) is 19.4 Å². The zero-order chi connectivity index (χ0) is 14.5. The molecule has 1 saturated heterocycles. The standard InChI is InChI=1S/C15H19NO3S/c1-11(18)20-14-8-15(19)16(9-14)13(10-17)7-12-5-3-2-4-6-12/h2-6,13-14,17H,7-10H2,1H3. The summed E-state index contributed by atoms with van der Waals surface area (Å²) >= 11 is 1.22. The van der Waals surface area contributed by atoms with Crippen LogP contribution < -0.4 is 0 Å². The number of carbonyl (C=O) groups is 2. The smallest absolute Gasteiger partial charge is 0.224 e. The number of likely N-dealkylation sites (tertiary alicyclic amines) is 1. The zero-order valence-electron chi connectivity index (χ0n) is 11.5. The van der Waals surface area contributed by atoms with Gasteiger partial charge in [0.15, 0.2) is 5.12 Å². The summed E-state index contributed by atoms with van der Waals surface area (Å²) < 4.78 is 0. The number of thioether (sulfide) groups is 1. The Morgan fingerprint density at radius 1 is 1.45 bits per heavy atom. The molecule has 2 atom stereocenters. The maximum atomic E-state index is 12.0. The molecule has 0 bridgehead atoms. The van der Waals surface area contributed by atoms with Crippen LogP contribution in [0.1, 0.15) is 18.9 Å². The first-order chi connectivity index (χ1) is 9.60. The fraction of sp³-hybridized carbons (Fsp3) is 0.467. The monoisotopic (exact) mass is 293 g/mol. The molecule has 1 aromatic rings. The van der Waals surface area contributed by atoms with E-state index in [0.717, 1.165) is 5.56 Å². The number of carbonyl (C=O) groups excluding carboxylic acids is 2. The summed E-state index contributed by atoms with van der Waals surface area (Å²) in [5.74, 6) is 0.0266. The van der Waals surface area contributed by atoms with Crippen molar-refractivity contribution < 1.29 is 14.7 Å². The molecule has 1 heterocycles. The molecule has 1 amide bonds. The van der Waals surface area contributed by atoms with E-state index in [2.05, 4.69) is 0 Å². The lowest BCUT2D eigenvalue weighted by molar-refractivity contribution is -0.130. The van der Waals surface area contributed by atoms with E-state index >= 15 is 0 Å². The summed E-state index contributed by atoms with van der Waals surface area (Å²) in [5, 5.41) is 9.62. The Kier molecular flexibility index (Phi) is 5.20. The van der Waals surface area contributed by atoms with Gasteiger partial charge in [-0.15, -0.1) is 0 Å². The highest BCUT2D eigenvalue weighted by Gasteiger charge is 2.35. The molecule has 1 aliphatic rings. The summed E-state index contributed by atoms with van der Waals surface area (Å²) in [5.41, 5.74) is 1.10. The molecule has 4 nitrogen and oxygen atoms in total. The fourth-order valence-corrected chi connectivity index (χ4v) is 3.45. The van der Waals surface area contributed by atoms with Crippen LogP contribution in [0.4, 0.5) is 0 Å². The quantitative estimate of drug-likeness (QED) is 0.893. The van der Waals surface area contributed by atoms with Gasteiger partial charge in [-0.25, -0.2) is 0 Å². The number of rotatable bonds is 5. The number of amides is 1. The molecule has 2 unspecified atom stereocenters. The highest BCUT2D eigenvalue weighted by Crippen LogP contribution is 2.26. The van der Waals surface area contributed by atoms with Gasteiger partial charge in [-0.05, 0) is 12.0 Å². The maximum Gasteiger partial charge on any atom is 0.224 e. The van der Waals surface area contributed by atoms with E-state index in [1.54, 1.807) is 4.90 Å². The predicted octanol–water partition coefficient (Wildman–Crippen LogP) is 1.47. The lowest BCUT2D eigenvalue weighted by Gasteiger charge is -2.26. The molecular weight excluding hydrogens is 274 g/mol. The molecular formula is C15H19NO3S. The Labute approximate surface area is 123 Å². The molecule has 1 aromatic carbocycles. The van der Waals surface area contributed by atoms with Crippen LogP contribution in [0.3, 0.4) is 0 Å². The molecule has 0 aliphatic carbocycles. The minimum Gasteiger partial charge on any atom is -0.394 e. The Hall–Kier alpha value is -1.33. The molecule has 1 N–H and O–H groups in total. The SMILES string of the molecule is CC(=O)SC1CC(=O)N(C(CO)Cc2ccccc2)C1. The van der Waals surface area contributed by atoms with E-state index in [-0.39, 0.29) is 28.9 Å². The van der Waals surface area contributed by atoms with Crippen molar-refractivity contribution in [3.05, 3.63) is 35.9 Å². The third-order valence-corrected chi connectivity index (χ3v) is 4.40. The third kappa shape index (κ3) is 3.84. The molecule has 0 saturated carbocycles. The largest absolute Gasteiger partial charge is 0.394 e. The van der Waals surface area contributed by atoms with Crippen LogP contribution in [-0.2, 0) is 16.0 Å². The van der Waals surface area contributed by atoms with Crippen molar-refractivity contribution in [1.82, 2.24) is 4.90 Å². The van der Waals surface area contributed by atoms with Crippen molar-refractivity contribution in [2.45, 2.75) is 31.1 Å². The van der Waals surface area contributed by atoms with E-state index in [4.69, 9.17) is 0 Å². The van der Waals surface area contributed by atoms with Gasteiger partial charge in [0.05, 0.1) is 12.6 Å². The van der Waals surface area contributed by atoms with Gasteiger partial charge in [-0.1, -0.05) is 42.1 Å². The zero-order valence-corrected chi connectivity index (χ0v) is 12.3. The summed E-state index contributed by atoms with van der Waals surface area (Å²) in [6.45, 7) is 2.00. The van der Waals surface area contributed by atoms with E-state index in [1.807, 2.05) is 30.3 Å². The summed E-state index contributed by atoms with van der Waals surface area (Å²) in [6.07, 6.45) is 1.02. The topological polar surface area (TPSA) is 57.6 Å². The average Bonchev–Trinajstić information content (AvgIpc) is 2.77. The molecule has 0 radical (unpaired) electrons. The number of nitrogens with zero attached hydrogens (tertiary/aromatic N) is 1. The van der Waals surface area contributed by atoms with Crippen molar-refractivity contribution in [3.63, 3.8) is 0 Å². The highest BCUT2D eigenvalue weighted by molar-refractivity contribution is 8.14. The van der Waals surface area contributed by atoms with Crippen LogP contribution >= 0.6 is 11.8 Å². The van der Waals surface area contributed by atoms with E-state index in [9.17, 15) is 14.7 Å². The number of aliphatic hydroxyl groups excluding tert-OH is 1. The second-order valence-corrected chi connectivity index (χ2v) is 6.49. The van der Waals surface area contributed by atoms with Crippen LogP contribution in [0, 0.1) is 0 Å². The predicted molar refractivity (Wildman–Crippen MR) is 79.4 cm³/mol. The van der Waals surface area contributed by atoms with Crippen LogP contribution in [0.2, 0.25) is 0 Å². The number of benzene rings is 1. The first-order valence-corrected chi connectivity index (χ1v) is 7.59. The van der Waals surface area contributed by atoms with Crippen molar-refractivity contribution in [2.75, 3.05) is 13.2 Å². The molecule has 1 aliphatic heterocycles. The lowest BCUT2D eigenvalue weighted by Crippen LogP contribution is -2.40. The minimum absolute atomic E-state index is 0.0184. The van der Waals surface area contributed by atoms with E-state index in [1.165, 1.54) is 18.7 Å². The third-order valence-electron chi connectivity index (χ3n) is 3.42. The highest BCUT2D eigenvalue weighted by atomic mass is 32.2. The Bertz CT molecular complexity index is 477. The minimum atomic E-state index is -0.206. The molecule has 1 fully saturated rings. The van der Waals surface area contributed by atoms with E-state index < -0.39 is 0 Å². The fourth-order valence-electron chi connectivity index (χ4n) is 2.52. The van der Waals surface area contributed by atoms with Crippen molar-refractivity contribution in [1.29, 1.82) is 0 Å². The summed E-state index contributed by atoms with van der Waals surface area (Å²) in [6, 6.07) is 9.62. The summed E-state index contributed by atoms with van der Waals surface area (Å²) in [7, 11) is 0. The Morgan fingerprint density at radius 2 is 2.15 bits per heavy atom. The van der Waals surface area contributed by atoms with Crippen molar-refractivity contribution >= 4 is 22.8 Å². The molecule has 0 spiro atoms. The van der Waals surface area contributed by atoms with Gasteiger partial charge < -0.3 is 10.0 Å². The van der Waals surface area contributed by atoms with Crippen molar-refractivity contribution in [3.8, 4) is 0 Å². The summed E-state index contributed by atoms with van der Waals surface area (Å²) in [4.78, 5) is 24.9. The average molecular weight is 293 g/mol.